The fourth-order valence-corrected chi connectivity index (χ4v) is 12.8. The third kappa shape index (κ3) is 13.4. The van der Waals surface area contributed by atoms with E-state index in [1.54, 1.807) is 56.4 Å². The molecule has 9 bridgehead atoms. The summed E-state index contributed by atoms with van der Waals surface area (Å²) in [6.07, 6.45) is 3.00. The fraction of sp³-hybridized carbons (Fsp3) is 0.179. The minimum absolute atomic E-state index is 0.394. The maximum atomic E-state index is 9.43. The summed E-state index contributed by atoms with van der Waals surface area (Å²) in [6, 6.07) is 60.3. The number of fused-ring (bicyclic) bond motifs is 15. The third-order valence-electron chi connectivity index (χ3n) is 16.6. The van der Waals surface area contributed by atoms with Crippen LogP contribution in [0, 0.1) is 0 Å². The predicted octanol–water partition coefficient (Wildman–Crippen LogP) is 9.20. The summed E-state index contributed by atoms with van der Waals surface area (Å²) in [6.45, 7) is -9.20. The number of carbonyl (C=O) groups excluding carboxylic acids is 4. The lowest BCUT2D eigenvalue weighted by Gasteiger charge is -2.28. The second-order valence-electron chi connectivity index (χ2n) is 26.0. The van der Waals surface area contributed by atoms with Crippen LogP contribution in [0.4, 0.5) is 0 Å². The molecule has 3 spiro atoms. The van der Waals surface area contributed by atoms with E-state index in [1.807, 2.05) is 204 Å². The SMILES string of the molecule is CN(C)C=O.CN(C)C=O.CN(C)C=O.CN(C)C=O.C[NH2+]C.C[NH2+]C.C[NH2+]C.c1ccc2c3c4c(cc2c1)O[B-]1(Oc2cc5ccccc5c(c2O1)-c1c2c(cc5ccccc15)O[B-]1(Oc5cc6ccccc6c(c5O1)-c1c5c(cc6ccccc16)O[B-]1(Oc6cc7ccccc7c-3c6O1)O5)O2)O4. The quantitative estimate of drug-likeness (QED) is 0.110. The number of quaternary nitrogens is 3. The molecule has 6 N–H and O–H groups in total. The lowest BCUT2D eigenvalue weighted by Crippen LogP contribution is -2.74. The Kier molecular flexibility index (Phi) is 20.5. The first-order chi connectivity index (χ1) is 50.3. The summed E-state index contributed by atoms with van der Waals surface area (Å²) in [5.74, 6) is 4.84. The molecule has 26 heteroatoms. The van der Waals surface area contributed by atoms with Gasteiger partial charge in [0.1, 0.15) is 69.0 Å². The average Bonchev–Trinajstić information content (AvgIpc) is 1.63. The van der Waals surface area contributed by atoms with E-state index in [0.29, 0.717) is 102 Å². The summed E-state index contributed by atoms with van der Waals surface area (Å²) < 4.78 is 84.6. The van der Waals surface area contributed by atoms with Gasteiger partial charge in [0, 0.05) is 89.8 Å². The van der Waals surface area contributed by atoms with Crippen LogP contribution in [-0.4, -0.2) is 165 Å². The van der Waals surface area contributed by atoms with E-state index in [4.69, 9.17) is 55.9 Å². The molecule has 0 aromatic heterocycles. The van der Waals surface area contributed by atoms with Gasteiger partial charge in [-0.2, -0.15) is 0 Å². The lowest BCUT2D eigenvalue weighted by atomic mass is 9.91. The molecule has 0 saturated heterocycles. The van der Waals surface area contributed by atoms with Crippen molar-refractivity contribution in [3.8, 4) is 102 Å². The van der Waals surface area contributed by atoms with Gasteiger partial charge in [0.2, 0.25) is 25.6 Å². The highest BCUT2D eigenvalue weighted by Gasteiger charge is 2.58. The van der Waals surface area contributed by atoms with E-state index in [-0.39, 0.29) is 0 Å². The Morgan fingerprint density at radius 1 is 0.240 bits per heavy atom. The van der Waals surface area contributed by atoms with Gasteiger partial charge in [-0.05, 0) is 101 Å². The van der Waals surface area contributed by atoms with Crippen molar-refractivity contribution < 1.29 is 91.0 Å². The van der Waals surface area contributed by atoms with Crippen LogP contribution in [0.2, 0.25) is 0 Å². The van der Waals surface area contributed by atoms with Crippen LogP contribution in [0.15, 0.2) is 182 Å². The zero-order valence-corrected chi connectivity index (χ0v) is 60.4. The summed E-state index contributed by atoms with van der Waals surface area (Å²) in [5.41, 5.74) is 4.06. The van der Waals surface area contributed by atoms with Crippen molar-refractivity contribution in [2.45, 2.75) is 0 Å². The van der Waals surface area contributed by atoms with Crippen LogP contribution in [-0.2, 0) is 19.2 Å². The van der Waals surface area contributed by atoms with Gasteiger partial charge in [-0.3, -0.25) is 19.2 Å². The van der Waals surface area contributed by atoms with Crippen molar-refractivity contribution in [1.82, 2.24) is 19.6 Å². The first kappa shape index (κ1) is 71.6. The highest BCUT2D eigenvalue weighted by atomic mass is 16.9. The molecule has 7 aliphatic rings. The van der Waals surface area contributed by atoms with Crippen LogP contribution in [0.25, 0.3) is 98.0 Å². The second kappa shape index (κ2) is 29.8. The molecular weight excluding hydrogens is 1320 g/mol. The molecule has 104 heavy (non-hydrogen) atoms. The first-order valence-corrected chi connectivity index (χ1v) is 34.0. The Hall–Kier alpha value is -12.2. The first-order valence-electron chi connectivity index (χ1n) is 34.0. The van der Waals surface area contributed by atoms with Gasteiger partial charge in [-0.25, -0.2) is 0 Å². The molecule has 0 unspecified atom stereocenters. The molecule has 12 aromatic rings. The average molecular weight is 1410 g/mol. The molecule has 0 atom stereocenters. The molecule has 0 saturated carbocycles. The molecule has 0 fully saturated rings. The smallest absolute Gasteiger partial charge is 0.609 e. The zero-order valence-electron chi connectivity index (χ0n) is 60.4. The fourth-order valence-electron chi connectivity index (χ4n) is 12.8. The van der Waals surface area contributed by atoms with Crippen molar-refractivity contribution in [3.63, 3.8) is 0 Å². The highest BCUT2D eigenvalue weighted by Crippen LogP contribution is 2.64. The Morgan fingerprint density at radius 3 is 0.490 bits per heavy atom. The van der Waals surface area contributed by atoms with Crippen LogP contribution >= 0.6 is 0 Å². The second-order valence-corrected chi connectivity index (χ2v) is 26.0. The number of benzene rings is 12. The van der Waals surface area contributed by atoms with Gasteiger partial charge >= 0.3 is 20.9 Å². The molecular formula is C78H82B3N7O16. The zero-order chi connectivity index (χ0) is 73.8. The molecule has 534 valence electrons. The Morgan fingerprint density at radius 2 is 0.365 bits per heavy atom. The van der Waals surface area contributed by atoms with Crippen LogP contribution in [0.5, 0.6) is 69.0 Å². The van der Waals surface area contributed by atoms with Crippen LogP contribution in [0.1, 0.15) is 0 Å². The van der Waals surface area contributed by atoms with E-state index >= 15 is 0 Å². The molecule has 7 aliphatic heterocycles. The van der Waals surface area contributed by atoms with Crippen molar-refractivity contribution in [2.75, 3.05) is 98.7 Å². The maximum Gasteiger partial charge on any atom is 0.777 e. The van der Waals surface area contributed by atoms with E-state index in [0.717, 1.165) is 90.3 Å². The van der Waals surface area contributed by atoms with Gasteiger partial charge in [0.25, 0.3) is 0 Å². The number of rotatable bonds is 4. The van der Waals surface area contributed by atoms with Crippen LogP contribution < -0.4 is 71.8 Å². The molecule has 7 heterocycles. The highest BCUT2D eigenvalue weighted by molar-refractivity contribution is 6.61. The summed E-state index contributed by atoms with van der Waals surface area (Å²) >= 11 is 0. The Balaban J connectivity index is 0.000000303. The van der Waals surface area contributed by atoms with E-state index < -0.39 is 20.9 Å². The largest absolute Gasteiger partial charge is 0.777 e. The van der Waals surface area contributed by atoms with Crippen molar-refractivity contribution in [2.24, 2.45) is 0 Å². The number of hydrogen-bond acceptors (Lipinski definition) is 16. The van der Waals surface area contributed by atoms with Crippen molar-refractivity contribution in [3.05, 3.63) is 182 Å². The molecule has 23 nitrogen and oxygen atoms in total. The molecule has 4 amide bonds. The Labute approximate surface area is 601 Å². The molecule has 0 aliphatic carbocycles. The van der Waals surface area contributed by atoms with E-state index in [2.05, 4.69) is 36.4 Å². The summed E-state index contributed by atoms with van der Waals surface area (Å²) in [4.78, 5) is 43.5. The third-order valence-corrected chi connectivity index (χ3v) is 16.6. The van der Waals surface area contributed by atoms with Crippen LogP contribution in [0.3, 0.4) is 0 Å². The van der Waals surface area contributed by atoms with Gasteiger partial charge < -0.3 is 91.4 Å². The summed E-state index contributed by atoms with van der Waals surface area (Å²) in [5, 5.41) is 16.4. The molecule has 19 rings (SSSR count). The topological polar surface area (TPSA) is 242 Å². The maximum absolute atomic E-state index is 9.43. The number of carbonyl (C=O) groups is 4. The Bertz CT molecular complexity index is 4470. The molecule has 12 aromatic carbocycles. The van der Waals surface area contributed by atoms with Gasteiger partial charge in [-0.1, -0.05) is 146 Å². The van der Waals surface area contributed by atoms with E-state index in [1.165, 1.54) is 19.6 Å². The minimum atomic E-state index is -3.07. The number of hydrogen-bond donors (Lipinski definition) is 3. The standard InChI is InChI=1S/C60H30B3O12.4C3H7NO.3C2H7N/c1-7-19-37-31(13-1)25-43-55-49(37)50-38-20-8-2-14-32(38)26-44-56(50)71-62(66-44)67-46-28-34-16-5-11-23-41(34)53(58(46)73-62)54-42-24-12-6-18-36(42)30-48-60(54)75-63(69-48)68-47-29-35-17-4-10-22-40(35)52(59(47)74-63)51-39-21-9-3-15-33(39)27-45-57(51)72-61(64-43,65-45)70-55;4*1-4(2)3-5;3*1-3-2/h1-30H;4*3H,1-2H3;3*3H,1-2H3/q-3;;;;;;;/p+3. The predicted molar refractivity (Wildman–Crippen MR) is 406 cm³/mol. The number of nitrogens with zero attached hydrogens (tertiary/aromatic N) is 4. The number of nitrogens with two attached hydrogens (primary N) is 3. The lowest BCUT2D eigenvalue weighted by molar-refractivity contribution is -0.597. The van der Waals surface area contributed by atoms with Gasteiger partial charge in [-0.15, -0.1) is 0 Å². The van der Waals surface area contributed by atoms with Gasteiger partial charge in [0.15, 0.2) is 0 Å². The van der Waals surface area contributed by atoms with E-state index in [9.17, 15) is 19.2 Å². The normalized spacial score (nSPS) is 16.7. The molecule has 0 radical (unpaired) electrons. The monoisotopic (exact) mass is 1410 g/mol. The minimum Gasteiger partial charge on any atom is -0.609 e. The van der Waals surface area contributed by atoms with Crippen molar-refractivity contribution >= 4 is 111 Å². The summed E-state index contributed by atoms with van der Waals surface area (Å²) in [7, 11) is 25.5. The number of amides is 4. The van der Waals surface area contributed by atoms with Gasteiger partial charge in [0.05, 0.1) is 42.3 Å². The van der Waals surface area contributed by atoms with Crippen molar-refractivity contribution in [1.29, 1.82) is 0 Å².